The van der Waals surface area contributed by atoms with Crippen molar-refractivity contribution in [1.82, 2.24) is 4.90 Å². The maximum absolute atomic E-state index is 12.7. The molecule has 0 heterocycles. The molecule has 1 aromatic rings. The number of carbonyl (C=O) groups excluding carboxylic acids is 2. The Balaban J connectivity index is 2.24. The van der Waals surface area contributed by atoms with Gasteiger partial charge < -0.3 is 15.4 Å². The SMILES string of the molecule is COc1ccc(C(=O)N(CC(N)=O)C2CCCC2)cc1Br. The minimum absolute atomic E-state index is 0.0346. The van der Waals surface area contributed by atoms with Crippen LogP contribution in [0.15, 0.2) is 22.7 Å². The Morgan fingerprint density at radius 3 is 2.57 bits per heavy atom. The molecule has 21 heavy (non-hydrogen) atoms. The van der Waals surface area contributed by atoms with Crippen LogP contribution in [0.3, 0.4) is 0 Å². The molecule has 114 valence electrons. The van der Waals surface area contributed by atoms with Crippen LogP contribution in [0.5, 0.6) is 5.75 Å². The number of benzene rings is 1. The van der Waals surface area contributed by atoms with E-state index in [1.807, 2.05) is 0 Å². The van der Waals surface area contributed by atoms with Crippen LogP contribution in [0.2, 0.25) is 0 Å². The average molecular weight is 355 g/mol. The van der Waals surface area contributed by atoms with Gasteiger partial charge in [0.25, 0.3) is 5.91 Å². The number of nitrogens with zero attached hydrogens (tertiary/aromatic N) is 1. The Bertz CT molecular complexity index is 542. The lowest BCUT2D eigenvalue weighted by Gasteiger charge is -2.28. The molecule has 0 radical (unpaired) electrons. The minimum Gasteiger partial charge on any atom is -0.496 e. The van der Waals surface area contributed by atoms with Crippen molar-refractivity contribution in [1.29, 1.82) is 0 Å². The topological polar surface area (TPSA) is 72.6 Å². The lowest BCUT2D eigenvalue weighted by atomic mass is 10.1. The Kier molecular flexibility index (Phi) is 5.22. The predicted octanol–water partition coefficient (Wildman–Crippen LogP) is 2.33. The molecule has 1 aliphatic rings. The minimum atomic E-state index is -0.483. The number of carbonyl (C=O) groups is 2. The number of primary amides is 1. The Hall–Kier alpha value is -1.56. The van der Waals surface area contributed by atoms with E-state index in [4.69, 9.17) is 10.5 Å². The zero-order chi connectivity index (χ0) is 15.4. The molecule has 0 aliphatic heterocycles. The van der Waals surface area contributed by atoms with E-state index in [1.165, 1.54) is 0 Å². The van der Waals surface area contributed by atoms with Crippen LogP contribution < -0.4 is 10.5 Å². The van der Waals surface area contributed by atoms with Gasteiger partial charge in [-0.1, -0.05) is 12.8 Å². The van der Waals surface area contributed by atoms with Crippen molar-refractivity contribution < 1.29 is 14.3 Å². The van der Waals surface area contributed by atoms with E-state index in [2.05, 4.69) is 15.9 Å². The summed E-state index contributed by atoms with van der Waals surface area (Å²) in [5, 5.41) is 0. The lowest BCUT2D eigenvalue weighted by molar-refractivity contribution is -0.119. The number of methoxy groups -OCH3 is 1. The summed E-state index contributed by atoms with van der Waals surface area (Å²) < 4.78 is 5.87. The summed E-state index contributed by atoms with van der Waals surface area (Å²) in [5.74, 6) is 0.0146. The van der Waals surface area contributed by atoms with Crippen LogP contribution >= 0.6 is 15.9 Å². The molecule has 2 N–H and O–H groups in total. The Morgan fingerprint density at radius 1 is 1.38 bits per heavy atom. The second-order valence-corrected chi connectivity index (χ2v) is 6.04. The molecule has 1 aliphatic carbocycles. The zero-order valence-corrected chi connectivity index (χ0v) is 13.6. The number of nitrogens with two attached hydrogens (primary N) is 1. The van der Waals surface area contributed by atoms with Gasteiger partial charge in [0.1, 0.15) is 5.75 Å². The summed E-state index contributed by atoms with van der Waals surface area (Å²) in [6, 6.07) is 5.25. The summed E-state index contributed by atoms with van der Waals surface area (Å²) in [4.78, 5) is 25.5. The van der Waals surface area contributed by atoms with Crippen LogP contribution in [-0.4, -0.2) is 36.4 Å². The van der Waals surface area contributed by atoms with E-state index >= 15 is 0 Å². The van der Waals surface area contributed by atoms with Crippen LogP contribution in [0.1, 0.15) is 36.0 Å². The number of ether oxygens (including phenoxy) is 1. The fourth-order valence-corrected chi connectivity index (χ4v) is 3.26. The van der Waals surface area contributed by atoms with Crippen molar-refractivity contribution in [2.45, 2.75) is 31.7 Å². The number of hydrogen-bond acceptors (Lipinski definition) is 3. The van der Waals surface area contributed by atoms with E-state index in [0.29, 0.717) is 15.8 Å². The van der Waals surface area contributed by atoms with Gasteiger partial charge in [-0.05, 0) is 47.0 Å². The highest BCUT2D eigenvalue weighted by Crippen LogP contribution is 2.28. The number of rotatable bonds is 5. The van der Waals surface area contributed by atoms with Gasteiger partial charge in [-0.15, -0.1) is 0 Å². The molecule has 2 rings (SSSR count). The van der Waals surface area contributed by atoms with Gasteiger partial charge in [0.2, 0.25) is 5.91 Å². The van der Waals surface area contributed by atoms with Crippen LogP contribution in [0, 0.1) is 0 Å². The third-order valence-corrected chi connectivity index (χ3v) is 4.37. The first kappa shape index (κ1) is 15.8. The van der Waals surface area contributed by atoms with Crippen molar-refractivity contribution in [3.63, 3.8) is 0 Å². The quantitative estimate of drug-likeness (QED) is 0.881. The number of halogens is 1. The molecule has 5 nitrogen and oxygen atoms in total. The van der Waals surface area contributed by atoms with Gasteiger partial charge in [-0.3, -0.25) is 9.59 Å². The standard InChI is InChI=1S/C15H19BrN2O3/c1-21-13-7-6-10(8-12(13)16)15(20)18(9-14(17)19)11-4-2-3-5-11/h6-8,11H,2-5,9H2,1H3,(H2,17,19). The van der Waals surface area contributed by atoms with Crippen molar-refractivity contribution in [3.05, 3.63) is 28.2 Å². The van der Waals surface area contributed by atoms with Gasteiger partial charge >= 0.3 is 0 Å². The monoisotopic (exact) mass is 354 g/mol. The maximum Gasteiger partial charge on any atom is 0.254 e. The summed E-state index contributed by atoms with van der Waals surface area (Å²) in [5.41, 5.74) is 5.81. The first-order chi connectivity index (χ1) is 10.0. The van der Waals surface area contributed by atoms with Crippen LogP contribution in [-0.2, 0) is 4.79 Å². The highest BCUT2D eigenvalue weighted by atomic mass is 79.9. The molecule has 1 aromatic carbocycles. The van der Waals surface area contributed by atoms with E-state index in [-0.39, 0.29) is 18.5 Å². The molecule has 0 spiro atoms. The molecule has 1 fully saturated rings. The molecular weight excluding hydrogens is 336 g/mol. The fourth-order valence-electron chi connectivity index (χ4n) is 2.72. The first-order valence-corrected chi connectivity index (χ1v) is 7.75. The smallest absolute Gasteiger partial charge is 0.254 e. The van der Waals surface area contributed by atoms with E-state index in [9.17, 15) is 9.59 Å². The number of hydrogen-bond donors (Lipinski definition) is 1. The molecule has 0 unspecified atom stereocenters. The molecule has 2 amide bonds. The average Bonchev–Trinajstić information content (AvgIpc) is 2.97. The highest BCUT2D eigenvalue weighted by Gasteiger charge is 2.28. The van der Waals surface area contributed by atoms with Crippen molar-refractivity contribution >= 4 is 27.7 Å². The van der Waals surface area contributed by atoms with Gasteiger partial charge in [0.05, 0.1) is 18.1 Å². The van der Waals surface area contributed by atoms with Gasteiger partial charge in [-0.2, -0.15) is 0 Å². The summed E-state index contributed by atoms with van der Waals surface area (Å²) >= 11 is 3.37. The number of amides is 2. The van der Waals surface area contributed by atoms with Gasteiger partial charge in [0.15, 0.2) is 0 Å². The summed E-state index contributed by atoms with van der Waals surface area (Å²) in [6.45, 7) is -0.0346. The van der Waals surface area contributed by atoms with Crippen LogP contribution in [0.4, 0.5) is 0 Å². The predicted molar refractivity (Wildman–Crippen MR) is 83.2 cm³/mol. The maximum atomic E-state index is 12.7. The van der Waals surface area contributed by atoms with Crippen molar-refractivity contribution in [2.24, 2.45) is 5.73 Å². The Morgan fingerprint density at radius 2 is 2.05 bits per heavy atom. The second kappa shape index (κ2) is 6.93. The molecule has 6 heteroatoms. The molecule has 0 bridgehead atoms. The molecule has 1 saturated carbocycles. The van der Waals surface area contributed by atoms with Crippen molar-refractivity contribution in [3.8, 4) is 5.75 Å². The third kappa shape index (κ3) is 3.75. The molecule has 0 atom stereocenters. The summed E-state index contributed by atoms with van der Waals surface area (Å²) in [6.07, 6.45) is 4.02. The highest BCUT2D eigenvalue weighted by molar-refractivity contribution is 9.10. The third-order valence-electron chi connectivity index (χ3n) is 3.75. The van der Waals surface area contributed by atoms with E-state index < -0.39 is 5.91 Å². The fraction of sp³-hybridized carbons (Fsp3) is 0.467. The zero-order valence-electron chi connectivity index (χ0n) is 12.0. The second-order valence-electron chi connectivity index (χ2n) is 5.19. The normalized spacial score (nSPS) is 15.0. The largest absolute Gasteiger partial charge is 0.496 e. The van der Waals surface area contributed by atoms with E-state index in [1.54, 1.807) is 30.2 Å². The van der Waals surface area contributed by atoms with E-state index in [0.717, 1.165) is 25.7 Å². The molecule has 0 saturated heterocycles. The molecular formula is C15H19BrN2O3. The first-order valence-electron chi connectivity index (χ1n) is 6.95. The summed E-state index contributed by atoms with van der Waals surface area (Å²) in [7, 11) is 1.57. The van der Waals surface area contributed by atoms with Gasteiger partial charge in [-0.25, -0.2) is 0 Å². The molecule has 0 aromatic heterocycles. The van der Waals surface area contributed by atoms with Crippen molar-refractivity contribution in [2.75, 3.05) is 13.7 Å². The lowest BCUT2D eigenvalue weighted by Crippen LogP contribution is -2.44. The van der Waals surface area contributed by atoms with Crippen LogP contribution in [0.25, 0.3) is 0 Å². The van der Waals surface area contributed by atoms with Gasteiger partial charge in [0, 0.05) is 11.6 Å². The Labute approximate surface area is 132 Å².